The molecule has 1 aliphatic heterocycles. The molecule has 0 spiro atoms. The Kier molecular flexibility index (Phi) is 6.55. The standard InChI is InChI=1S/C20H20N6O2S/c1-13(29-20-15(12-22)10-14(11-21)18(23)25-20)19(27)24-16-2-4-17(5-3-16)26-6-8-28-9-7-26/h2-5,10,13H,6-9H2,1H3,(H2,23,25)(H,24,27)/t13-/m1/s1. The van der Waals surface area contributed by atoms with Gasteiger partial charge in [0.05, 0.1) is 29.6 Å². The van der Waals surface area contributed by atoms with E-state index in [1.807, 2.05) is 36.4 Å². The Balaban J connectivity index is 1.64. The minimum absolute atomic E-state index is 0.0420. The lowest BCUT2D eigenvalue weighted by atomic mass is 10.2. The van der Waals surface area contributed by atoms with Crippen LogP contribution >= 0.6 is 11.8 Å². The zero-order chi connectivity index (χ0) is 20.8. The summed E-state index contributed by atoms with van der Waals surface area (Å²) in [5, 5.41) is 21.0. The van der Waals surface area contributed by atoms with E-state index in [0.717, 1.165) is 30.5 Å². The second-order valence-corrected chi connectivity index (χ2v) is 7.72. The minimum Gasteiger partial charge on any atom is -0.383 e. The van der Waals surface area contributed by atoms with E-state index in [4.69, 9.17) is 15.7 Å². The molecule has 1 atom stereocenters. The molecule has 1 aromatic carbocycles. The van der Waals surface area contributed by atoms with Crippen LogP contribution in [0.5, 0.6) is 0 Å². The third-order valence-electron chi connectivity index (χ3n) is 4.43. The van der Waals surface area contributed by atoms with Gasteiger partial charge in [0.1, 0.15) is 23.0 Å². The van der Waals surface area contributed by atoms with Crippen molar-refractivity contribution in [3.8, 4) is 12.1 Å². The third kappa shape index (κ3) is 4.96. The summed E-state index contributed by atoms with van der Waals surface area (Å²) >= 11 is 1.12. The number of rotatable bonds is 5. The Morgan fingerprint density at radius 1 is 1.24 bits per heavy atom. The summed E-state index contributed by atoms with van der Waals surface area (Å²) in [6.07, 6.45) is 0. The molecule has 1 aliphatic rings. The van der Waals surface area contributed by atoms with E-state index < -0.39 is 5.25 Å². The van der Waals surface area contributed by atoms with Gasteiger partial charge in [-0.1, -0.05) is 11.8 Å². The first-order chi connectivity index (χ1) is 14.0. The Labute approximate surface area is 173 Å². The van der Waals surface area contributed by atoms with E-state index >= 15 is 0 Å². The number of nitrogens with one attached hydrogen (secondary N) is 1. The molecule has 0 saturated carbocycles. The molecule has 29 heavy (non-hydrogen) atoms. The van der Waals surface area contributed by atoms with Crippen LogP contribution in [0, 0.1) is 22.7 Å². The van der Waals surface area contributed by atoms with Crippen molar-refractivity contribution in [3.63, 3.8) is 0 Å². The molecule has 0 radical (unpaired) electrons. The van der Waals surface area contributed by atoms with E-state index in [0.29, 0.717) is 23.9 Å². The van der Waals surface area contributed by atoms with Crippen LogP contribution in [0.2, 0.25) is 0 Å². The molecule has 1 fully saturated rings. The van der Waals surface area contributed by atoms with Crippen molar-refractivity contribution in [2.75, 3.05) is 42.3 Å². The summed E-state index contributed by atoms with van der Waals surface area (Å²) in [5.74, 6) is -0.178. The monoisotopic (exact) mass is 408 g/mol. The quantitative estimate of drug-likeness (QED) is 0.722. The number of ether oxygens (including phenoxy) is 1. The highest BCUT2D eigenvalue weighted by atomic mass is 32.2. The number of amides is 1. The van der Waals surface area contributed by atoms with Crippen LogP contribution < -0.4 is 16.0 Å². The second kappa shape index (κ2) is 9.28. The number of nitriles is 2. The van der Waals surface area contributed by atoms with E-state index in [1.165, 1.54) is 6.07 Å². The number of nitrogens with two attached hydrogens (primary N) is 1. The molecular weight excluding hydrogens is 388 g/mol. The van der Waals surface area contributed by atoms with Crippen LogP contribution in [0.4, 0.5) is 17.2 Å². The molecule has 1 aromatic heterocycles. The van der Waals surface area contributed by atoms with E-state index in [1.54, 1.807) is 6.92 Å². The number of hydrogen-bond donors (Lipinski definition) is 2. The number of morpholine rings is 1. The number of anilines is 3. The normalized spacial score (nSPS) is 14.5. The lowest BCUT2D eigenvalue weighted by Gasteiger charge is -2.28. The van der Waals surface area contributed by atoms with Gasteiger partial charge in [-0.25, -0.2) is 4.98 Å². The van der Waals surface area contributed by atoms with Gasteiger partial charge in [-0.3, -0.25) is 4.79 Å². The average Bonchev–Trinajstić information content (AvgIpc) is 2.75. The molecule has 1 amide bonds. The number of aromatic nitrogens is 1. The number of carbonyl (C=O) groups excluding carboxylic acids is 1. The van der Waals surface area contributed by atoms with Gasteiger partial charge in [0.15, 0.2) is 0 Å². The maximum absolute atomic E-state index is 12.6. The molecule has 1 saturated heterocycles. The Hall–Kier alpha value is -3.27. The molecule has 0 bridgehead atoms. The van der Waals surface area contributed by atoms with Gasteiger partial charge in [0.2, 0.25) is 5.91 Å². The maximum Gasteiger partial charge on any atom is 0.237 e. The van der Waals surface area contributed by atoms with Crippen LogP contribution in [0.25, 0.3) is 0 Å². The van der Waals surface area contributed by atoms with Gasteiger partial charge in [0, 0.05) is 24.5 Å². The molecule has 0 unspecified atom stereocenters. The molecule has 8 nitrogen and oxygen atoms in total. The molecule has 3 rings (SSSR count). The fourth-order valence-electron chi connectivity index (χ4n) is 2.81. The van der Waals surface area contributed by atoms with E-state index in [-0.39, 0.29) is 22.9 Å². The second-order valence-electron chi connectivity index (χ2n) is 6.39. The van der Waals surface area contributed by atoms with Gasteiger partial charge in [0.25, 0.3) is 0 Å². The van der Waals surface area contributed by atoms with Crippen molar-refractivity contribution in [1.29, 1.82) is 10.5 Å². The predicted octanol–water partition coefficient (Wildman–Crippen LogP) is 2.36. The van der Waals surface area contributed by atoms with Crippen molar-refractivity contribution in [3.05, 3.63) is 41.5 Å². The summed E-state index contributed by atoms with van der Waals surface area (Å²) in [6.45, 7) is 4.85. The Morgan fingerprint density at radius 3 is 2.52 bits per heavy atom. The van der Waals surface area contributed by atoms with Crippen molar-refractivity contribution >= 4 is 34.9 Å². The average molecular weight is 408 g/mol. The van der Waals surface area contributed by atoms with Crippen LogP contribution in [0.1, 0.15) is 18.1 Å². The molecular formula is C20H20N6O2S. The van der Waals surface area contributed by atoms with Gasteiger partial charge in [-0.15, -0.1) is 0 Å². The van der Waals surface area contributed by atoms with Crippen molar-refractivity contribution < 1.29 is 9.53 Å². The number of thioether (sulfide) groups is 1. The number of nitrogens with zero attached hydrogens (tertiary/aromatic N) is 4. The molecule has 9 heteroatoms. The lowest BCUT2D eigenvalue weighted by Crippen LogP contribution is -2.36. The molecule has 3 N–H and O–H groups in total. The summed E-state index contributed by atoms with van der Waals surface area (Å²) in [4.78, 5) is 18.9. The fourth-order valence-corrected chi connectivity index (χ4v) is 3.69. The van der Waals surface area contributed by atoms with Crippen LogP contribution in [0.3, 0.4) is 0 Å². The van der Waals surface area contributed by atoms with Gasteiger partial charge < -0.3 is 20.7 Å². The zero-order valence-electron chi connectivity index (χ0n) is 15.9. The smallest absolute Gasteiger partial charge is 0.237 e. The lowest BCUT2D eigenvalue weighted by molar-refractivity contribution is -0.115. The summed E-state index contributed by atoms with van der Waals surface area (Å²) in [5.41, 5.74) is 7.87. The molecule has 2 heterocycles. The first-order valence-corrected chi connectivity index (χ1v) is 9.90. The topological polar surface area (TPSA) is 128 Å². The van der Waals surface area contributed by atoms with Crippen molar-refractivity contribution in [2.24, 2.45) is 0 Å². The summed E-state index contributed by atoms with van der Waals surface area (Å²) < 4.78 is 5.36. The Bertz CT molecular complexity index is 974. The van der Waals surface area contributed by atoms with Gasteiger partial charge in [-0.05, 0) is 37.3 Å². The zero-order valence-corrected chi connectivity index (χ0v) is 16.7. The molecule has 0 aliphatic carbocycles. The van der Waals surface area contributed by atoms with Gasteiger partial charge >= 0.3 is 0 Å². The molecule has 148 valence electrons. The summed E-state index contributed by atoms with van der Waals surface area (Å²) in [6, 6.07) is 12.9. The minimum atomic E-state index is -0.513. The Morgan fingerprint density at radius 2 is 1.90 bits per heavy atom. The highest BCUT2D eigenvalue weighted by Crippen LogP contribution is 2.28. The molecule has 2 aromatic rings. The number of carbonyl (C=O) groups is 1. The highest BCUT2D eigenvalue weighted by molar-refractivity contribution is 8.00. The van der Waals surface area contributed by atoms with Crippen LogP contribution in [-0.2, 0) is 9.53 Å². The number of nitrogen functional groups attached to an aromatic ring is 1. The van der Waals surface area contributed by atoms with E-state index in [2.05, 4.69) is 15.2 Å². The predicted molar refractivity (Wildman–Crippen MR) is 112 cm³/mol. The highest BCUT2D eigenvalue weighted by Gasteiger charge is 2.19. The number of pyridine rings is 1. The first-order valence-electron chi connectivity index (χ1n) is 9.03. The largest absolute Gasteiger partial charge is 0.383 e. The van der Waals surface area contributed by atoms with Gasteiger partial charge in [-0.2, -0.15) is 10.5 Å². The van der Waals surface area contributed by atoms with Crippen molar-refractivity contribution in [1.82, 2.24) is 4.98 Å². The van der Waals surface area contributed by atoms with Crippen molar-refractivity contribution in [2.45, 2.75) is 17.2 Å². The third-order valence-corrected chi connectivity index (χ3v) is 5.53. The maximum atomic E-state index is 12.6. The number of benzene rings is 1. The fraction of sp³-hybridized carbons (Fsp3) is 0.300. The first kappa shape index (κ1) is 20.5. The van der Waals surface area contributed by atoms with Crippen LogP contribution in [0.15, 0.2) is 35.4 Å². The SMILES string of the molecule is C[C@@H](Sc1nc(N)c(C#N)cc1C#N)C(=O)Nc1ccc(N2CCOCC2)cc1. The number of hydrogen-bond acceptors (Lipinski definition) is 8. The summed E-state index contributed by atoms with van der Waals surface area (Å²) in [7, 11) is 0. The van der Waals surface area contributed by atoms with Crippen LogP contribution in [-0.4, -0.2) is 42.4 Å². The van der Waals surface area contributed by atoms with E-state index in [9.17, 15) is 10.1 Å².